The van der Waals surface area contributed by atoms with Gasteiger partial charge in [-0.05, 0) is 50.9 Å². The molecule has 0 radical (unpaired) electrons. The van der Waals surface area contributed by atoms with Gasteiger partial charge >= 0.3 is 0 Å². The number of likely N-dealkylation sites (tertiary alicyclic amines) is 1. The van der Waals surface area contributed by atoms with Gasteiger partial charge in [-0.25, -0.2) is 0 Å². The molecule has 0 unspecified atom stereocenters. The molecule has 1 aliphatic heterocycles. The molecule has 0 spiro atoms. The minimum absolute atomic E-state index is 0. The van der Waals surface area contributed by atoms with E-state index in [9.17, 15) is 4.79 Å². The molecule has 23 heavy (non-hydrogen) atoms. The first-order chi connectivity index (χ1) is 10.8. The molecule has 0 saturated carbocycles. The van der Waals surface area contributed by atoms with Crippen LogP contribution >= 0.6 is 12.4 Å². The molecule has 5 nitrogen and oxygen atoms in total. The van der Waals surface area contributed by atoms with Crippen molar-refractivity contribution in [1.82, 2.24) is 20.2 Å². The monoisotopic (exact) mass is 334 g/mol. The molecule has 0 aliphatic carbocycles. The summed E-state index contributed by atoms with van der Waals surface area (Å²) in [5.74, 6) is 0.807. The van der Waals surface area contributed by atoms with Gasteiger partial charge in [0.25, 0.3) is 5.91 Å². The van der Waals surface area contributed by atoms with Crippen LogP contribution in [0.15, 0.2) is 30.6 Å². The van der Waals surface area contributed by atoms with Gasteiger partial charge in [-0.3, -0.25) is 14.8 Å². The first-order valence-corrected chi connectivity index (χ1v) is 7.93. The summed E-state index contributed by atoms with van der Waals surface area (Å²) < 4.78 is 0. The maximum absolute atomic E-state index is 12.8. The predicted molar refractivity (Wildman–Crippen MR) is 94.0 cm³/mol. The van der Waals surface area contributed by atoms with Crippen LogP contribution in [0.2, 0.25) is 0 Å². The number of benzene rings is 1. The summed E-state index contributed by atoms with van der Waals surface area (Å²) in [5, 5.41) is 3.20. The van der Waals surface area contributed by atoms with Gasteiger partial charge in [-0.2, -0.15) is 0 Å². The van der Waals surface area contributed by atoms with E-state index in [1.807, 2.05) is 30.1 Å². The lowest BCUT2D eigenvalue weighted by Gasteiger charge is -2.32. The Balaban J connectivity index is 0.00000192. The van der Waals surface area contributed by atoms with E-state index < -0.39 is 0 Å². The Hall–Kier alpha value is -1.72. The van der Waals surface area contributed by atoms with Crippen molar-refractivity contribution in [3.63, 3.8) is 0 Å². The first kappa shape index (κ1) is 17.6. The number of piperidine rings is 1. The van der Waals surface area contributed by atoms with E-state index in [1.54, 1.807) is 12.4 Å². The van der Waals surface area contributed by atoms with E-state index in [-0.39, 0.29) is 18.3 Å². The maximum atomic E-state index is 12.8. The Labute approximate surface area is 142 Å². The number of nitrogens with zero attached hydrogens (tertiary/aromatic N) is 3. The van der Waals surface area contributed by atoms with Crippen molar-refractivity contribution in [3.8, 4) is 0 Å². The normalized spacial score (nSPS) is 15.4. The molecule has 0 atom stereocenters. The van der Waals surface area contributed by atoms with Gasteiger partial charge < -0.3 is 10.2 Å². The van der Waals surface area contributed by atoms with Crippen LogP contribution in [-0.2, 0) is 0 Å². The molecular weight excluding hydrogens is 312 g/mol. The van der Waals surface area contributed by atoms with Crippen LogP contribution in [0.25, 0.3) is 11.0 Å². The molecular formula is C17H23ClN4O. The van der Waals surface area contributed by atoms with Crippen molar-refractivity contribution in [2.45, 2.75) is 19.3 Å². The van der Waals surface area contributed by atoms with Gasteiger partial charge in [-0.15, -0.1) is 12.4 Å². The minimum Gasteiger partial charge on any atom is -0.339 e. The zero-order valence-corrected chi connectivity index (χ0v) is 14.2. The van der Waals surface area contributed by atoms with E-state index in [0.717, 1.165) is 43.9 Å². The Morgan fingerprint density at radius 2 is 2.00 bits per heavy atom. The highest BCUT2D eigenvalue weighted by molar-refractivity contribution is 6.04. The number of amides is 1. The topological polar surface area (TPSA) is 58.1 Å². The predicted octanol–water partition coefficient (Wildman–Crippen LogP) is 2.51. The number of para-hydroxylation sites is 1. The molecule has 124 valence electrons. The average Bonchev–Trinajstić information content (AvgIpc) is 2.59. The second-order valence-electron chi connectivity index (χ2n) is 5.86. The van der Waals surface area contributed by atoms with Crippen LogP contribution in [-0.4, -0.2) is 47.5 Å². The largest absolute Gasteiger partial charge is 0.339 e. The number of rotatable bonds is 4. The summed E-state index contributed by atoms with van der Waals surface area (Å²) >= 11 is 0. The van der Waals surface area contributed by atoms with E-state index in [0.29, 0.717) is 11.1 Å². The van der Waals surface area contributed by atoms with Gasteiger partial charge in [0.05, 0.1) is 11.1 Å². The number of carbonyl (C=O) groups is 1. The molecule has 1 aliphatic rings. The fourth-order valence-corrected chi connectivity index (χ4v) is 3.11. The van der Waals surface area contributed by atoms with Crippen molar-refractivity contribution in [1.29, 1.82) is 0 Å². The highest BCUT2D eigenvalue weighted by Crippen LogP contribution is 2.23. The summed E-state index contributed by atoms with van der Waals surface area (Å²) in [6.07, 6.45) is 6.67. The number of hydrogen-bond acceptors (Lipinski definition) is 4. The number of nitrogens with one attached hydrogen (secondary N) is 1. The van der Waals surface area contributed by atoms with Gasteiger partial charge in [0.1, 0.15) is 5.52 Å². The average molecular weight is 335 g/mol. The lowest BCUT2D eigenvalue weighted by atomic mass is 9.93. The SMILES string of the molecule is CNCCC1CCN(C(=O)c2cccc3nccnc23)CC1.Cl. The van der Waals surface area contributed by atoms with E-state index in [4.69, 9.17) is 0 Å². The second kappa shape index (κ2) is 8.22. The van der Waals surface area contributed by atoms with Crippen LogP contribution in [0.1, 0.15) is 29.6 Å². The third-order valence-corrected chi connectivity index (χ3v) is 4.43. The highest BCUT2D eigenvalue weighted by Gasteiger charge is 2.24. The van der Waals surface area contributed by atoms with Crippen molar-refractivity contribution >= 4 is 29.3 Å². The molecule has 1 aromatic heterocycles. The lowest BCUT2D eigenvalue weighted by molar-refractivity contribution is 0.0689. The molecule has 3 rings (SSSR count). The van der Waals surface area contributed by atoms with E-state index in [2.05, 4.69) is 15.3 Å². The summed E-state index contributed by atoms with van der Waals surface area (Å²) in [5.41, 5.74) is 2.14. The molecule has 0 bridgehead atoms. The van der Waals surface area contributed by atoms with Crippen molar-refractivity contribution in [3.05, 3.63) is 36.2 Å². The summed E-state index contributed by atoms with van der Waals surface area (Å²) in [4.78, 5) is 23.3. The molecule has 1 fully saturated rings. The number of aromatic nitrogens is 2. The van der Waals surface area contributed by atoms with Crippen LogP contribution in [0.5, 0.6) is 0 Å². The third kappa shape index (κ3) is 3.98. The van der Waals surface area contributed by atoms with Crippen molar-refractivity contribution < 1.29 is 4.79 Å². The Morgan fingerprint density at radius 3 is 2.74 bits per heavy atom. The Kier molecular flexibility index (Phi) is 6.30. The van der Waals surface area contributed by atoms with Crippen LogP contribution in [0.4, 0.5) is 0 Å². The lowest BCUT2D eigenvalue weighted by Crippen LogP contribution is -2.39. The van der Waals surface area contributed by atoms with E-state index >= 15 is 0 Å². The number of hydrogen-bond donors (Lipinski definition) is 1. The standard InChI is InChI=1S/C17H22N4O.ClH/c1-18-8-5-13-6-11-21(12-7-13)17(22)14-3-2-4-15-16(14)20-10-9-19-15;/h2-4,9-10,13,18H,5-8,11-12H2,1H3;1H. The first-order valence-electron chi connectivity index (χ1n) is 7.93. The molecule has 1 N–H and O–H groups in total. The Bertz CT molecular complexity index is 651. The number of halogens is 1. The molecule has 1 saturated heterocycles. The van der Waals surface area contributed by atoms with Gasteiger partial charge in [0, 0.05) is 25.5 Å². The van der Waals surface area contributed by atoms with Crippen molar-refractivity contribution in [2.24, 2.45) is 5.92 Å². The quantitative estimate of drug-likeness (QED) is 0.933. The number of fused-ring (bicyclic) bond motifs is 1. The van der Waals surface area contributed by atoms with Crippen LogP contribution < -0.4 is 5.32 Å². The second-order valence-corrected chi connectivity index (χ2v) is 5.86. The molecule has 1 aromatic carbocycles. The van der Waals surface area contributed by atoms with Gasteiger partial charge in [0.15, 0.2) is 0 Å². The smallest absolute Gasteiger partial charge is 0.256 e. The minimum atomic E-state index is 0. The third-order valence-electron chi connectivity index (χ3n) is 4.43. The van der Waals surface area contributed by atoms with Gasteiger partial charge in [0.2, 0.25) is 0 Å². The summed E-state index contributed by atoms with van der Waals surface area (Å²) in [7, 11) is 1.99. The fraction of sp³-hybridized carbons (Fsp3) is 0.471. The summed E-state index contributed by atoms with van der Waals surface area (Å²) in [6.45, 7) is 2.73. The molecule has 6 heteroatoms. The zero-order chi connectivity index (χ0) is 15.4. The highest BCUT2D eigenvalue weighted by atomic mass is 35.5. The maximum Gasteiger partial charge on any atom is 0.256 e. The number of carbonyl (C=O) groups excluding carboxylic acids is 1. The van der Waals surface area contributed by atoms with Crippen LogP contribution in [0, 0.1) is 5.92 Å². The summed E-state index contributed by atoms with van der Waals surface area (Å²) in [6, 6.07) is 5.62. The van der Waals surface area contributed by atoms with Gasteiger partial charge in [-0.1, -0.05) is 6.07 Å². The molecule has 2 heterocycles. The molecule has 1 amide bonds. The van der Waals surface area contributed by atoms with E-state index in [1.165, 1.54) is 6.42 Å². The van der Waals surface area contributed by atoms with Crippen LogP contribution in [0.3, 0.4) is 0 Å². The van der Waals surface area contributed by atoms with Crippen molar-refractivity contribution in [2.75, 3.05) is 26.7 Å². The fourth-order valence-electron chi connectivity index (χ4n) is 3.11. The Morgan fingerprint density at radius 1 is 1.26 bits per heavy atom. The molecule has 2 aromatic rings. The zero-order valence-electron chi connectivity index (χ0n) is 13.4.